The van der Waals surface area contributed by atoms with E-state index in [1.807, 2.05) is 17.0 Å². The molecule has 1 aromatic rings. The number of likely N-dealkylation sites (tertiary alicyclic amines) is 1. The maximum Gasteiger partial charge on any atom is 0.315 e. The monoisotopic (exact) mass is 342 g/mol. The molecule has 1 fully saturated rings. The van der Waals surface area contributed by atoms with Crippen molar-refractivity contribution in [3.05, 3.63) is 42.0 Å². The molecule has 0 aromatic heterocycles. The Labute approximate surface area is 148 Å². The quantitative estimate of drug-likeness (QED) is 0.776. The molecule has 0 unspecified atom stereocenters. The predicted molar refractivity (Wildman–Crippen MR) is 98.5 cm³/mol. The highest BCUT2D eigenvalue weighted by molar-refractivity contribution is 5.78. The van der Waals surface area contributed by atoms with Gasteiger partial charge in [0.05, 0.1) is 0 Å². The van der Waals surface area contributed by atoms with Gasteiger partial charge in [0.1, 0.15) is 0 Å². The summed E-state index contributed by atoms with van der Waals surface area (Å²) in [6, 6.07) is 7.97. The summed E-state index contributed by atoms with van der Waals surface area (Å²) in [5.74, 6) is 0.129. The minimum absolute atomic E-state index is 0.129. The number of hydrogen-bond acceptors (Lipinski definition) is 3. The topological polar surface area (TPSA) is 64.7 Å². The van der Waals surface area contributed by atoms with Gasteiger partial charge in [-0.15, -0.1) is 0 Å². The number of urea groups is 1. The summed E-state index contributed by atoms with van der Waals surface area (Å²) in [6.45, 7) is 4.42. The normalized spacial score (nSPS) is 16.3. The van der Waals surface area contributed by atoms with Gasteiger partial charge in [-0.25, -0.2) is 4.79 Å². The van der Waals surface area contributed by atoms with Crippen LogP contribution in [0.15, 0.2) is 36.4 Å². The Bertz CT molecular complexity index is 630. The Hall–Kier alpha value is -2.50. The van der Waals surface area contributed by atoms with Gasteiger partial charge in [0.15, 0.2) is 0 Å². The Morgan fingerprint density at radius 2 is 1.80 bits per heavy atom. The number of hydrogen-bond donors (Lipinski definition) is 2. The number of carbonyl (C=O) groups is 2. The van der Waals surface area contributed by atoms with Gasteiger partial charge in [-0.3, -0.25) is 4.79 Å². The van der Waals surface area contributed by atoms with E-state index in [0.29, 0.717) is 19.5 Å². The molecule has 0 bridgehead atoms. The third-order valence-electron chi connectivity index (χ3n) is 4.63. The van der Waals surface area contributed by atoms with Gasteiger partial charge in [0.2, 0.25) is 5.91 Å². The van der Waals surface area contributed by atoms with Gasteiger partial charge < -0.3 is 20.4 Å². The molecule has 2 heterocycles. The molecule has 0 spiro atoms. The summed E-state index contributed by atoms with van der Waals surface area (Å²) >= 11 is 0. The number of nitrogens with zero attached hydrogens (tertiary/aromatic N) is 2. The van der Waals surface area contributed by atoms with Gasteiger partial charge in [-0.2, -0.15) is 0 Å². The van der Waals surface area contributed by atoms with Crippen LogP contribution in [0.5, 0.6) is 0 Å². The van der Waals surface area contributed by atoms with Crippen LogP contribution >= 0.6 is 0 Å². The summed E-state index contributed by atoms with van der Waals surface area (Å²) in [5.41, 5.74) is 2.23. The minimum atomic E-state index is -0.234. The third kappa shape index (κ3) is 4.98. The van der Waals surface area contributed by atoms with Crippen molar-refractivity contribution >= 4 is 17.6 Å². The molecule has 0 aliphatic carbocycles. The maximum absolute atomic E-state index is 11.9. The summed E-state index contributed by atoms with van der Waals surface area (Å²) < 4.78 is 0. The van der Waals surface area contributed by atoms with Crippen LogP contribution in [-0.4, -0.2) is 49.6 Å². The highest BCUT2D eigenvalue weighted by Crippen LogP contribution is 2.18. The molecule has 25 heavy (non-hydrogen) atoms. The lowest BCUT2D eigenvalue weighted by molar-refractivity contribution is -0.129. The molecule has 2 aliphatic heterocycles. The van der Waals surface area contributed by atoms with Crippen molar-refractivity contribution in [1.29, 1.82) is 0 Å². The maximum atomic E-state index is 11.9. The van der Waals surface area contributed by atoms with Gasteiger partial charge >= 0.3 is 6.03 Å². The van der Waals surface area contributed by atoms with E-state index >= 15 is 0 Å². The number of rotatable bonds is 6. The number of amides is 3. The molecule has 2 N–H and O–H groups in total. The molecule has 6 heteroatoms. The molecule has 3 amide bonds. The van der Waals surface area contributed by atoms with E-state index in [4.69, 9.17) is 0 Å². The smallest absolute Gasteiger partial charge is 0.315 e. The second-order valence-electron chi connectivity index (χ2n) is 6.49. The first kappa shape index (κ1) is 17.3. The lowest BCUT2D eigenvalue weighted by Crippen LogP contribution is -2.38. The average molecular weight is 342 g/mol. The Balaban J connectivity index is 1.37. The minimum Gasteiger partial charge on any atom is -0.364 e. The lowest BCUT2D eigenvalue weighted by atomic mass is 10.2. The van der Waals surface area contributed by atoms with Crippen LogP contribution < -0.4 is 15.5 Å². The SMILES string of the molecule is O=C(NCCC(=O)N1CCCC1)NCc1cccc(N2CC=CC2)c1. The number of anilines is 1. The summed E-state index contributed by atoms with van der Waals surface area (Å²) in [4.78, 5) is 28.0. The van der Waals surface area contributed by atoms with Crippen molar-refractivity contribution in [1.82, 2.24) is 15.5 Å². The van der Waals surface area contributed by atoms with Crippen molar-refractivity contribution in [2.75, 3.05) is 37.6 Å². The molecule has 1 saturated heterocycles. The predicted octanol–water partition coefficient (Wildman–Crippen LogP) is 1.87. The second kappa shape index (κ2) is 8.55. The van der Waals surface area contributed by atoms with Gasteiger partial charge in [-0.1, -0.05) is 24.3 Å². The molecule has 0 radical (unpaired) electrons. The zero-order valence-electron chi connectivity index (χ0n) is 14.5. The van der Waals surface area contributed by atoms with Crippen molar-refractivity contribution in [2.45, 2.75) is 25.8 Å². The molecular weight excluding hydrogens is 316 g/mol. The van der Waals surface area contributed by atoms with Crippen LogP contribution in [-0.2, 0) is 11.3 Å². The van der Waals surface area contributed by atoms with Crippen LogP contribution in [0.1, 0.15) is 24.8 Å². The van der Waals surface area contributed by atoms with E-state index in [9.17, 15) is 9.59 Å². The molecule has 6 nitrogen and oxygen atoms in total. The lowest BCUT2D eigenvalue weighted by Gasteiger charge is -2.18. The van der Waals surface area contributed by atoms with Gasteiger partial charge in [-0.05, 0) is 30.5 Å². The largest absolute Gasteiger partial charge is 0.364 e. The molecular formula is C19H26N4O2. The third-order valence-corrected chi connectivity index (χ3v) is 4.63. The molecule has 134 valence electrons. The summed E-state index contributed by atoms with van der Waals surface area (Å²) in [6.07, 6.45) is 6.85. The van der Waals surface area contributed by atoms with Crippen LogP contribution in [0.3, 0.4) is 0 Å². The zero-order chi connectivity index (χ0) is 17.5. The first-order chi connectivity index (χ1) is 12.2. The number of benzene rings is 1. The van der Waals surface area contributed by atoms with Gasteiger partial charge in [0.25, 0.3) is 0 Å². The molecule has 0 atom stereocenters. The second-order valence-corrected chi connectivity index (χ2v) is 6.49. The first-order valence-corrected chi connectivity index (χ1v) is 9.01. The molecule has 1 aromatic carbocycles. The number of carbonyl (C=O) groups excluding carboxylic acids is 2. The highest BCUT2D eigenvalue weighted by Gasteiger charge is 2.17. The van der Waals surface area contributed by atoms with Crippen molar-refractivity contribution in [3.8, 4) is 0 Å². The highest BCUT2D eigenvalue weighted by atomic mass is 16.2. The Kier molecular flexibility index (Phi) is 5.93. The van der Waals surface area contributed by atoms with Crippen molar-refractivity contribution < 1.29 is 9.59 Å². The van der Waals surface area contributed by atoms with Crippen LogP contribution in [0, 0.1) is 0 Å². The van der Waals surface area contributed by atoms with Crippen LogP contribution in [0.25, 0.3) is 0 Å². The molecule has 3 rings (SSSR count). The van der Waals surface area contributed by atoms with Crippen molar-refractivity contribution in [3.63, 3.8) is 0 Å². The zero-order valence-corrected chi connectivity index (χ0v) is 14.5. The summed E-state index contributed by atoms with van der Waals surface area (Å²) in [5, 5.41) is 5.61. The fraction of sp³-hybridized carbons (Fsp3) is 0.474. The van der Waals surface area contributed by atoms with E-state index < -0.39 is 0 Å². The fourth-order valence-electron chi connectivity index (χ4n) is 3.20. The Morgan fingerprint density at radius 3 is 2.56 bits per heavy atom. The van der Waals surface area contributed by atoms with E-state index in [1.165, 1.54) is 5.69 Å². The molecule has 0 saturated carbocycles. The van der Waals surface area contributed by atoms with E-state index in [1.54, 1.807) is 0 Å². The average Bonchev–Trinajstić information content (AvgIpc) is 3.33. The van der Waals surface area contributed by atoms with Crippen LogP contribution in [0.4, 0.5) is 10.5 Å². The standard InChI is InChI=1S/C19H26N4O2/c24-18(23-12-3-4-13-23)8-9-20-19(25)21-15-16-6-5-7-17(14-16)22-10-1-2-11-22/h1-2,5-7,14H,3-4,8-13,15H2,(H2,20,21,25). The van der Waals surface area contributed by atoms with E-state index in [0.717, 1.165) is 44.6 Å². The van der Waals surface area contributed by atoms with Crippen molar-refractivity contribution in [2.24, 2.45) is 0 Å². The van der Waals surface area contributed by atoms with Gasteiger partial charge in [0, 0.05) is 51.4 Å². The van der Waals surface area contributed by atoms with Crippen LogP contribution in [0.2, 0.25) is 0 Å². The molecule has 2 aliphatic rings. The first-order valence-electron chi connectivity index (χ1n) is 9.01. The fourth-order valence-corrected chi connectivity index (χ4v) is 3.20. The number of nitrogens with one attached hydrogen (secondary N) is 2. The van der Waals surface area contributed by atoms with E-state index in [2.05, 4.69) is 39.8 Å². The summed E-state index contributed by atoms with van der Waals surface area (Å²) in [7, 11) is 0. The van der Waals surface area contributed by atoms with E-state index in [-0.39, 0.29) is 11.9 Å². The Morgan fingerprint density at radius 1 is 1.04 bits per heavy atom.